The number of β-amino-alcohol motifs (C(OH)–C–C–N with tert-alkyl or cyclic N) is 1. The Balaban J connectivity index is 1.73. The molecule has 0 spiro atoms. The minimum absolute atomic E-state index is 0.332. The Hall–Kier alpha value is -1.10. The van der Waals surface area contributed by atoms with Crippen molar-refractivity contribution in [2.24, 2.45) is 11.1 Å². The third-order valence-corrected chi connectivity index (χ3v) is 3.83. The van der Waals surface area contributed by atoms with E-state index in [0.29, 0.717) is 25.1 Å². The van der Waals surface area contributed by atoms with E-state index in [1.807, 2.05) is 24.3 Å². The van der Waals surface area contributed by atoms with Crippen LogP contribution in [0.15, 0.2) is 24.3 Å². The van der Waals surface area contributed by atoms with E-state index in [2.05, 4.69) is 18.7 Å². The summed E-state index contributed by atoms with van der Waals surface area (Å²) in [4.78, 5) is 2.31. The first-order valence-electron chi connectivity index (χ1n) is 7.31. The maximum absolute atomic E-state index is 10.1. The summed E-state index contributed by atoms with van der Waals surface area (Å²) in [5.41, 5.74) is 7.00. The van der Waals surface area contributed by atoms with E-state index in [0.717, 1.165) is 24.4 Å². The number of aliphatic hydroxyl groups is 1. The molecular formula is C16H26N2O2. The summed E-state index contributed by atoms with van der Waals surface area (Å²) in [6.07, 6.45) is 0.749. The van der Waals surface area contributed by atoms with Gasteiger partial charge in [-0.2, -0.15) is 0 Å². The average molecular weight is 278 g/mol. The lowest BCUT2D eigenvalue weighted by atomic mass is 9.93. The quantitative estimate of drug-likeness (QED) is 0.830. The van der Waals surface area contributed by atoms with E-state index < -0.39 is 6.10 Å². The molecule has 4 nitrogen and oxygen atoms in total. The number of ether oxygens (including phenoxy) is 1. The molecule has 0 aliphatic carbocycles. The molecule has 1 aliphatic heterocycles. The number of aliphatic hydroxyl groups excluding tert-OH is 1. The molecule has 1 saturated heterocycles. The smallest absolute Gasteiger partial charge is 0.119 e. The van der Waals surface area contributed by atoms with Gasteiger partial charge in [0.15, 0.2) is 0 Å². The number of hydrogen-bond acceptors (Lipinski definition) is 4. The number of likely N-dealkylation sites (tertiary alicyclic amines) is 1. The van der Waals surface area contributed by atoms with Crippen molar-refractivity contribution in [1.29, 1.82) is 0 Å². The predicted molar refractivity (Wildman–Crippen MR) is 80.7 cm³/mol. The van der Waals surface area contributed by atoms with Crippen LogP contribution in [0.5, 0.6) is 5.75 Å². The van der Waals surface area contributed by atoms with E-state index in [-0.39, 0.29) is 0 Å². The zero-order valence-electron chi connectivity index (χ0n) is 12.5. The number of hydrogen-bond donors (Lipinski definition) is 2. The van der Waals surface area contributed by atoms with Crippen LogP contribution in [0, 0.1) is 5.41 Å². The Morgan fingerprint density at radius 3 is 2.60 bits per heavy atom. The van der Waals surface area contributed by atoms with Crippen LogP contribution in [0.3, 0.4) is 0 Å². The lowest BCUT2D eigenvalue weighted by Gasteiger charge is -2.22. The third kappa shape index (κ3) is 4.47. The Kier molecular flexibility index (Phi) is 5.02. The van der Waals surface area contributed by atoms with Crippen LogP contribution >= 0.6 is 0 Å². The lowest BCUT2D eigenvalue weighted by molar-refractivity contribution is 0.0730. The molecule has 0 radical (unpaired) electrons. The number of benzene rings is 1. The zero-order chi connectivity index (χ0) is 14.6. The lowest BCUT2D eigenvalue weighted by Crippen LogP contribution is -2.35. The molecule has 1 heterocycles. The molecule has 1 aromatic carbocycles. The highest BCUT2D eigenvalue weighted by molar-refractivity contribution is 5.27. The van der Waals surface area contributed by atoms with Crippen LogP contribution in [0.1, 0.15) is 25.8 Å². The fraction of sp³-hybridized carbons (Fsp3) is 0.625. The maximum Gasteiger partial charge on any atom is 0.119 e. The second kappa shape index (κ2) is 6.57. The highest BCUT2D eigenvalue weighted by Gasteiger charge is 2.29. The SMILES string of the molecule is CC1(C)CCN(CC(O)COc2ccc(CN)cc2)C1. The van der Waals surface area contributed by atoms with Crippen molar-refractivity contribution in [3.8, 4) is 5.75 Å². The van der Waals surface area contributed by atoms with Crippen LogP contribution in [0.2, 0.25) is 0 Å². The standard InChI is InChI=1S/C16H26N2O2/c1-16(2)7-8-18(12-16)10-14(19)11-20-15-5-3-13(9-17)4-6-15/h3-6,14,19H,7-12,17H2,1-2H3. The summed E-state index contributed by atoms with van der Waals surface area (Å²) in [5.74, 6) is 0.781. The second-order valence-corrected chi connectivity index (χ2v) is 6.46. The maximum atomic E-state index is 10.1. The first-order valence-corrected chi connectivity index (χ1v) is 7.31. The van der Waals surface area contributed by atoms with Crippen LogP contribution in [-0.4, -0.2) is 42.4 Å². The van der Waals surface area contributed by atoms with Gasteiger partial charge in [0.1, 0.15) is 18.5 Å². The Morgan fingerprint density at radius 2 is 2.05 bits per heavy atom. The van der Waals surface area contributed by atoms with Gasteiger partial charge in [0.05, 0.1) is 0 Å². The molecule has 0 aromatic heterocycles. The molecule has 1 unspecified atom stereocenters. The average Bonchev–Trinajstić information content (AvgIpc) is 2.76. The Labute approximate surface area is 121 Å². The molecule has 20 heavy (non-hydrogen) atoms. The van der Waals surface area contributed by atoms with Gasteiger partial charge in [-0.25, -0.2) is 0 Å². The summed E-state index contributed by atoms with van der Waals surface area (Å²) in [7, 11) is 0. The zero-order valence-corrected chi connectivity index (χ0v) is 12.5. The van der Waals surface area contributed by atoms with E-state index >= 15 is 0 Å². The van der Waals surface area contributed by atoms with Gasteiger partial charge in [-0.15, -0.1) is 0 Å². The fourth-order valence-corrected chi connectivity index (χ4v) is 2.64. The molecule has 0 amide bonds. The van der Waals surface area contributed by atoms with Gasteiger partial charge in [0.2, 0.25) is 0 Å². The van der Waals surface area contributed by atoms with Gasteiger partial charge in [-0.1, -0.05) is 26.0 Å². The second-order valence-electron chi connectivity index (χ2n) is 6.46. The first-order chi connectivity index (χ1) is 9.48. The number of rotatable bonds is 6. The predicted octanol–water partition coefficient (Wildman–Crippen LogP) is 1.62. The molecule has 1 aliphatic rings. The summed E-state index contributed by atoms with van der Waals surface area (Å²) < 4.78 is 5.61. The van der Waals surface area contributed by atoms with Crippen molar-refractivity contribution in [3.63, 3.8) is 0 Å². The molecule has 1 fully saturated rings. The van der Waals surface area contributed by atoms with E-state index in [4.69, 9.17) is 10.5 Å². The van der Waals surface area contributed by atoms with Gasteiger partial charge in [-0.05, 0) is 36.1 Å². The van der Waals surface area contributed by atoms with Gasteiger partial charge >= 0.3 is 0 Å². The van der Waals surface area contributed by atoms with Crippen LogP contribution in [-0.2, 0) is 6.54 Å². The van der Waals surface area contributed by atoms with Crippen molar-refractivity contribution in [2.75, 3.05) is 26.2 Å². The highest BCUT2D eigenvalue weighted by atomic mass is 16.5. The molecule has 1 atom stereocenters. The van der Waals surface area contributed by atoms with Crippen LogP contribution < -0.4 is 10.5 Å². The normalized spacial score (nSPS) is 20.0. The molecule has 112 valence electrons. The largest absolute Gasteiger partial charge is 0.491 e. The molecule has 1 aromatic rings. The van der Waals surface area contributed by atoms with Gasteiger partial charge < -0.3 is 20.5 Å². The van der Waals surface area contributed by atoms with Crippen molar-refractivity contribution in [3.05, 3.63) is 29.8 Å². The monoisotopic (exact) mass is 278 g/mol. The molecule has 0 bridgehead atoms. The number of nitrogens with two attached hydrogens (primary N) is 1. The van der Waals surface area contributed by atoms with Crippen molar-refractivity contribution in [1.82, 2.24) is 4.90 Å². The van der Waals surface area contributed by atoms with Gasteiger partial charge in [0.25, 0.3) is 0 Å². The third-order valence-electron chi connectivity index (χ3n) is 3.83. The summed E-state index contributed by atoms with van der Waals surface area (Å²) in [6.45, 7) is 8.21. The molecule has 4 heteroatoms. The molecule has 3 N–H and O–H groups in total. The van der Waals surface area contributed by atoms with Gasteiger partial charge in [-0.3, -0.25) is 0 Å². The summed E-state index contributed by atoms with van der Waals surface area (Å²) in [5, 5.41) is 10.1. The molecular weight excluding hydrogens is 252 g/mol. The molecule has 0 saturated carbocycles. The first kappa shape index (κ1) is 15.3. The van der Waals surface area contributed by atoms with E-state index in [9.17, 15) is 5.11 Å². The van der Waals surface area contributed by atoms with E-state index in [1.165, 1.54) is 6.42 Å². The summed E-state index contributed by atoms with van der Waals surface area (Å²) in [6, 6.07) is 7.69. The Morgan fingerprint density at radius 1 is 1.35 bits per heavy atom. The van der Waals surface area contributed by atoms with Crippen molar-refractivity contribution in [2.45, 2.75) is 32.9 Å². The van der Waals surface area contributed by atoms with Crippen LogP contribution in [0.25, 0.3) is 0 Å². The van der Waals surface area contributed by atoms with Crippen molar-refractivity contribution >= 4 is 0 Å². The molecule has 2 rings (SSSR count). The minimum atomic E-state index is -0.446. The summed E-state index contributed by atoms with van der Waals surface area (Å²) >= 11 is 0. The van der Waals surface area contributed by atoms with Crippen molar-refractivity contribution < 1.29 is 9.84 Å². The topological polar surface area (TPSA) is 58.7 Å². The van der Waals surface area contributed by atoms with E-state index in [1.54, 1.807) is 0 Å². The van der Waals surface area contributed by atoms with Gasteiger partial charge in [0, 0.05) is 19.6 Å². The minimum Gasteiger partial charge on any atom is -0.491 e. The van der Waals surface area contributed by atoms with Crippen LogP contribution in [0.4, 0.5) is 0 Å². The number of nitrogens with zero attached hydrogens (tertiary/aromatic N) is 1. The Bertz CT molecular complexity index is 417. The highest BCUT2D eigenvalue weighted by Crippen LogP contribution is 2.28. The fourth-order valence-electron chi connectivity index (χ4n) is 2.64.